The van der Waals surface area contributed by atoms with Crippen molar-refractivity contribution < 1.29 is 14.0 Å². The number of rotatable bonds is 6. The van der Waals surface area contributed by atoms with Gasteiger partial charge in [-0.25, -0.2) is 4.39 Å². The van der Waals surface area contributed by atoms with Crippen molar-refractivity contribution in [3.63, 3.8) is 0 Å². The molecule has 3 aromatic carbocycles. The van der Waals surface area contributed by atoms with E-state index in [2.05, 4.69) is 5.32 Å². The van der Waals surface area contributed by atoms with Gasteiger partial charge in [0.15, 0.2) is 0 Å². The van der Waals surface area contributed by atoms with Gasteiger partial charge in [-0.1, -0.05) is 49.4 Å². The lowest BCUT2D eigenvalue weighted by molar-refractivity contribution is -0.118. The van der Waals surface area contributed by atoms with E-state index in [9.17, 15) is 14.0 Å². The van der Waals surface area contributed by atoms with Gasteiger partial charge in [-0.3, -0.25) is 14.5 Å². The molecule has 1 heterocycles. The lowest BCUT2D eigenvalue weighted by atomic mass is 9.95. The molecule has 31 heavy (non-hydrogen) atoms. The number of thioether (sulfide) groups is 1. The number of benzene rings is 3. The van der Waals surface area contributed by atoms with Crippen molar-refractivity contribution in [1.29, 1.82) is 0 Å². The van der Waals surface area contributed by atoms with Crippen LogP contribution in [0.5, 0.6) is 0 Å². The second kappa shape index (κ2) is 9.35. The molecule has 1 N–H and O–H groups in total. The molecule has 1 aliphatic rings. The van der Waals surface area contributed by atoms with Crippen LogP contribution in [0.25, 0.3) is 0 Å². The molecule has 1 fully saturated rings. The highest BCUT2D eigenvalue weighted by molar-refractivity contribution is 8.00. The first-order chi connectivity index (χ1) is 15.1. The third-order valence-electron chi connectivity index (χ3n) is 5.36. The van der Waals surface area contributed by atoms with Crippen LogP contribution in [0.1, 0.15) is 35.8 Å². The highest BCUT2D eigenvalue weighted by Crippen LogP contribution is 2.42. The fourth-order valence-corrected chi connectivity index (χ4v) is 4.95. The number of amides is 2. The minimum absolute atomic E-state index is 0.00682. The molecule has 1 saturated heterocycles. The van der Waals surface area contributed by atoms with Crippen LogP contribution in [-0.4, -0.2) is 17.6 Å². The third kappa shape index (κ3) is 4.64. The topological polar surface area (TPSA) is 49.4 Å². The summed E-state index contributed by atoms with van der Waals surface area (Å²) >= 11 is 1.53. The molecule has 0 aliphatic carbocycles. The Kier molecular flexibility index (Phi) is 6.37. The van der Waals surface area contributed by atoms with Gasteiger partial charge in [0.1, 0.15) is 11.2 Å². The maximum absolute atomic E-state index is 13.3. The Morgan fingerprint density at radius 3 is 2.39 bits per heavy atom. The second-order valence-corrected chi connectivity index (χ2v) is 8.45. The van der Waals surface area contributed by atoms with Crippen LogP contribution in [0.4, 0.5) is 15.8 Å². The summed E-state index contributed by atoms with van der Waals surface area (Å²) < 4.78 is 13.3. The van der Waals surface area contributed by atoms with Crippen molar-refractivity contribution in [3.8, 4) is 0 Å². The average molecular weight is 435 g/mol. The van der Waals surface area contributed by atoms with E-state index in [4.69, 9.17) is 0 Å². The molecule has 1 aliphatic heterocycles. The van der Waals surface area contributed by atoms with Gasteiger partial charge < -0.3 is 5.32 Å². The van der Waals surface area contributed by atoms with Crippen LogP contribution in [0.2, 0.25) is 0 Å². The maximum atomic E-state index is 13.3. The van der Waals surface area contributed by atoms with Gasteiger partial charge >= 0.3 is 0 Å². The van der Waals surface area contributed by atoms with Crippen LogP contribution in [0.3, 0.4) is 0 Å². The number of hydrogen-bond acceptors (Lipinski definition) is 3. The van der Waals surface area contributed by atoms with Crippen LogP contribution in [0.15, 0.2) is 78.9 Å². The van der Waals surface area contributed by atoms with Gasteiger partial charge in [0.05, 0.1) is 11.7 Å². The summed E-state index contributed by atoms with van der Waals surface area (Å²) in [5.74, 6) is -0.221. The number of hydrogen-bond donors (Lipinski definition) is 1. The Balaban J connectivity index is 1.49. The van der Waals surface area contributed by atoms with E-state index in [1.54, 1.807) is 17.0 Å². The number of nitrogens with one attached hydrogen (secondary N) is 1. The summed E-state index contributed by atoms with van der Waals surface area (Å²) in [7, 11) is 0. The molecule has 2 amide bonds. The lowest BCUT2D eigenvalue weighted by Gasteiger charge is -2.24. The van der Waals surface area contributed by atoms with Gasteiger partial charge in [0.2, 0.25) is 11.8 Å². The third-order valence-corrected chi connectivity index (χ3v) is 6.58. The molecular formula is C25H23FN2O2S. The standard InChI is InChI=1S/C25H23FN2O2S/c1-2-22(17-6-4-3-5-7-17)24(30)27-20-12-8-18(9-13-20)25-28(23(29)16-31-25)21-14-10-19(26)11-15-21/h3-15,22,25H,2,16H2,1H3,(H,27,30). The van der Waals surface area contributed by atoms with E-state index in [0.717, 1.165) is 11.1 Å². The largest absolute Gasteiger partial charge is 0.326 e. The molecule has 0 radical (unpaired) electrons. The molecule has 2 unspecified atom stereocenters. The number of carbonyl (C=O) groups is 2. The molecule has 4 rings (SSSR count). The van der Waals surface area contributed by atoms with Gasteiger partial charge in [-0.05, 0) is 53.9 Å². The Morgan fingerprint density at radius 1 is 1.06 bits per heavy atom. The first-order valence-corrected chi connectivity index (χ1v) is 11.3. The SMILES string of the molecule is CCC(C(=O)Nc1ccc(C2SCC(=O)N2c2ccc(F)cc2)cc1)c1ccccc1. The monoisotopic (exact) mass is 434 g/mol. The first kappa shape index (κ1) is 21.1. The molecule has 4 nitrogen and oxygen atoms in total. The van der Waals surface area contributed by atoms with Gasteiger partial charge in [-0.15, -0.1) is 11.8 Å². The summed E-state index contributed by atoms with van der Waals surface area (Å²) in [6, 6.07) is 23.3. The normalized spacial score (nSPS) is 16.9. The first-order valence-electron chi connectivity index (χ1n) is 10.2. The molecule has 158 valence electrons. The van der Waals surface area contributed by atoms with Gasteiger partial charge in [0, 0.05) is 11.4 Å². The van der Waals surface area contributed by atoms with Crippen molar-refractivity contribution in [1.82, 2.24) is 0 Å². The van der Waals surface area contributed by atoms with Gasteiger partial charge in [0.25, 0.3) is 0 Å². The predicted molar refractivity (Wildman–Crippen MR) is 124 cm³/mol. The number of carbonyl (C=O) groups excluding carboxylic acids is 2. The molecule has 6 heteroatoms. The molecule has 0 aromatic heterocycles. The fraction of sp³-hybridized carbons (Fsp3) is 0.200. The van der Waals surface area contributed by atoms with E-state index in [1.807, 2.05) is 61.5 Å². The molecule has 0 bridgehead atoms. The van der Waals surface area contributed by atoms with E-state index in [-0.39, 0.29) is 28.9 Å². The van der Waals surface area contributed by atoms with Crippen molar-refractivity contribution in [3.05, 3.63) is 95.8 Å². The smallest absolute Gasteiger partial charge is 0.238 e. The molecule has 0 saturated carbocycles. The quantitative estimate of drug-likeness (QED) is 0.538. The molecule has 3 aromatic rings. The van der Waals surface area contributed by atoms with Gasteiger partial charge in [-0.2, -0.15) is 0 Å². The minimum Gasteiger partial charge on any atom is -0.326 e. The summed E-state index contributed by atoms with van der Waals surface area (Å²) in [5, 5.41) is 2.81. The molecule has 2 atom stereocenters. The van der Waals surface area contributed by atoms with Crippen LogP contribution < -0.4 is 10.2 Å². The van der Waals surface area contributed by atoms with Crippen LogP contribution in [0, 0.1) is 5.82 Å². The summed E-state index contributed by atoms with van der Waals surface area (Å²) in [6.07, 6.45) is 0.710. The fourth-order valence-electron chi connectivity index (χ4n) is 3.77. The Hall–Kier alpha value is -3.12. The van der Waals surface area contributed by atoms with E-state index in [0.29, 0.717) is 23.5 Å². The van der Waals surface area contributed by atoms with Crippen LogP contribution >= 0.6 is 11.8 Å². The number of halogens is 1. The predicted octanol–water partition coefficient (Wildman–Crippen LogP) is 5.74. The maximum Gasteiger partial charge on any atom is 0.238 e. The zero-order valence-corrected chi connectivity index (χ0v) is 17.9. The second-order valence-electron chi connectivity index (χ2n) is 7.39. The number of anilines is 2. The van der Waals surface area contributed by atoms with Crippen molar-refractivity contribution in [2.45, 2.75) is 24.6 Å². The lowest BCUT2D eigenvalue weighted by Crippen LogP contribution is -2.27. The summed E-state index contributed by atoms with van der Waals surface area (Å²) in [4.78, 5) is 26.9. The zero-order chi connectivity index (χ0) is 21.8. The van der Waals surface area contributed by atoms with Crippen molar-refractivity contribution in [2.24, 2.45) is 0 Å². The Morgan fingerprint density at radius 2 is 1.74 bits per heavy atom. The van der Waals surface area contributed by atoms with E-state index in [1.165, 1.54) is 23.9 Å². The highest BCUT2D eigenvalue weighted by Gasteiger charge is 2.34. The van der Waals surface area contributed by atoms with E-state index >= 15 is 0 Å². The Labute approximate surface area is 185 Å². The van der Waals surface area contributed by atoms with Crippen molar-refractivity contribution in [2.75, 3.05) is 16.0 Å². The van der Waals surface area contributed by atoms with Crippen molar-refractivity contribution >= 4 is 35.0 Å². The summed E-state index contributed by atoms with van der Waals surface area (Å²) in [5.41, 5.74) is 3.33. The number of nitrogens with zero attached hydrogens (tertiary/aromatic N) is 1. The molecular weight excluding hydrogens is 411 g/mol. The zero-order valence-electron chi connectivity index (χ0n) is 17.1. The van der Waals surface area contributed by atoms with Crippen LogP contribution in [-0.2, 0) is 9.59 Å². The summed E-state index contributed by atoms with van der Waals surface area (Å²) in [6.45, 7) is 2.00. The highest BCUT2D eigenvalue weighted by atomic mass is 32.2. The Bertz CT molecular complexity index is 1060. The average Bonchev–Trinajstić information content (AvgIpc) is 3.17. The molecule has 0 spiro atoms. The minimum atomic E-state index is -0.333. The van der Waals surface area contributed by atoms with E-state index < -0.39 is 0 Å².